The van der Waals surface area contributed by atoms with E-state index in [2.05, 4.69) is 30.3 Å². The summed E-state index contributed by atoms with van der Waals surface area (Å²) in [5, 5.41) is 22.1. The number of aromatic hydroxyl groups is 1. The molecule has 9 rings (SSSR count). The molecule has 5 aromatic rings. The summed E-state index contributed by atoms with van der Waals surface area (Å²) >= 11 is 0. The fourth-order valence-electron chi connectivity index (χ4n) is 9.43. The molecule has 4 aliphatic rings. The minimum Gasteiger partial charge on any atom is -0.507 e. The molecule has 0 unspecified atom stereocenters. The number of para-hydroxylation sites is 1. The third-order valence-corrected chi connectivity index (χ3v) is 12.7. The van der Waals surface area contributed by atoms with Crippen LogP contribution in [-0.4, -0.2) is 117 Å². The number of nitrogens with two attached hydrogens (primary N) is 1. The van der Waals surface area contributed by atoms with Crippen LogP contribution in [0.5, 0.6) is 5.75 Å². The van der Waals surface area contributed by atoms with Crippen molar-refractivity contribution in [1.29, 1.82) is 0 Å². The standard InChI is InChI=1S/C45H51FN10O5/c1-27-22-56(43-34(27)19-32(21-48-43)55-18-14-41(58)49-45(55)60)37-13-15-52(25-35(37)46)24-29-11-16-53(17-12-29)44(59)31-9-7-30(8-10-31)40-26-54(23-28(2)61-40)38-20-36(50-51-42(38)47)33-5-3-4-6-39(33)57/h3-10,19-22,28-29,35,37,40,57H,11-18,23-26H2,1-2H3,(H2,47,51)(H,49,58,60)/t28-,35+,37-,40-/m0/s1. The zero-order chi connectivity index (χ0) is 42.4. The number of alkyl halides is 1. The fraction of sp³-hybridized carbons (Fsp3) is 0.422. The number of carbonyl (C=O) groups excluding carboxylic acids is 3. The summed E-state index contributed by atoms with van der Waals surface area (Å²) in [7, 11) is 0. The van der Waals surface area contributed by atoms with E-state index in [1.54, 1.807) is 24.4 Å². The van der Waals surface area contributed by atoms with Crippen LogP contribution in [0.25, 0.3) is 22.3 Å². The second-order valence-electron chi connectivity index (χ2n) is 16.9. The molecule has 15 nitrogen and oxygen atoms in total. The van der Waals surface area contributed by atoms with E-state index in [4.69, 9.17) is 10.5 Å². The molecule has 4 atom stereocenters. The van der Waals surface area contributed by atoms with E-state index < -0.39 is 12.2 Å². The highest BCUT2D eigenvalue weighted by Gasteiger charge is 2.35. The summed E-state index contributed by atoms with van der Waals surface area (Å²) in [6.45, 7) is 8.60. The number of ether oxygens (including phenoxy) is 1. The van der Waals surface area contributed by atoms with Gasteiger partial charge in [0.05, 0.1) is 35.4 Å². The number of nitrogens with zero attached hydrogens (tertiary/aromatic N) is 8. The normalized spacial score (nSPS) is 23.1. The number of fused-ring (bicyclic) bond motifs is 1. The fourth-order valence-corrected chi connectivity index (χ4v) is 9.43. The Labute approximate surface area is 353 Å². The number of urea groups is 1. The number of hydrogen-bond donors (Lipinski definition) is 3. The predicted octanol–water partition coefficient (Wildman–Crippen LogP) is 5.64. The van der Waals surface area contributed by atoms with Crippen molar-refractivity contribution >= 4 is 46.1 Å². The Kier molecular flexibility index (Phi) is 11.0. The number of piperidine rings is 2. The molecule has 16 heteroatoms. The Hall–Kier alpha value is -6.13. The summed E-state index contributed by atoms with van der Waals surface area (Å²) in [5.41, 5.74) is 12.0. The number of rotatable bonds is 8. The summed E-state index contributed by atoms with van der Waals surface area (Å²) < 4.78 is 24.3. The van der Waals surface area contributed by atoms with Gasteiger partial charge in [0.15, 0.2) is 5.82 Å². The van der Waals surface area contributed by atoms with Gasteiger partial charge in [-0.05, 0) is 86.6 Å². The summed E-state index contributed by atoms with van der Waals surface area (Å²) in [6.07, 6.45) is 4.74. The van der Waals surface area contributed by atoms with E-state index >= 15 is 4.39 Å². The van der Waals surface area contributed by atoms with E-state index in [-0.39, 0.29) is 48.8 Å². The zero-order valence-electron chi connectivity index (χ0n) is 34.4. The summed E-state index contributed by atoms with van der Waals surface area (Å²) in [5.74, 6) is 0.505. The number of phenolic OH excluding ortho intramolecular Hbond substituents is 1. The lowest BCUT2D eigenvalue weighted by Gasteiger charge is -2.39. The number of halogens is 1. The minimum absolute atomic E-state index is 0.00536. The van der Waals surface area contributed by atoms with Crippen LogP contribution in [0, 0.1) is 12.8 Å². The molecule has 318 valence electrons. The van der Waals surface area contributed by atoms with Gasteiger partial charge in [-0.1, -0.05) is 24.3 Å². The topological polar surface area (TPSA) is 175 Å². The van der Waals surface area contributed by atoms with Crippen molar-refractivity contribution < 1.29 is 28.6 Å². The number of likely N-dealkylation sites (tertiary alicyclic amines) is 2. The number of nitrogens with one attached hydrogen (secondary N) is 1. The van der Waals surface area contributed by atoms with Crippen LogP contribution in [0.2, 0.25) is 0 Å². The minimum atomic E-state index is -1.08. The number of phenols is 1. The number of aryl methyl sites for hydroxylation is 1. The molecule has 0 bridgehead atoms. The monoisotopic (exact) mass is 830 g/mol. The maximum absolute atomic E-state index is 16.0. The maximum atomic E-state index is 16.0. The van der Waals surface area contributed by atoms with Crippen molar-refractivity contribution in [1.82, 2.24) is 34.9 Å². The van der Waals surface area contributed by atoms with Gasteiger partial charge < -0.3 is 34.8 Å². The second kappa shape index (κ2) is 16.7. The molecule has 4 N–H and O–H groups in total. The molecule has 61 heavy (non-hydrogen) atoms. The van der Waals surface area contributed by atoms with Crippen LogP contribution < -0.4 is 20.9 Å². The van der Waals surface area contributed by atoms with E-state index in [1.807, 2.05) is 72.0 Å². The zero-order valence-corrected chi connectivity index (χ0v) is 34.4. The molecule has 4 saturated heterocycles. The van der Waals surface area contributed by atoms with Gasteiger partial charge in [0.1, 0.15) is 23.7 Å². The highest BCUT2D eigenvalue weighted by Crippen LogP contribution is 2.36. The number of morpholine rings is 1. The number of aromatic nitrogens is 4. The SMILES string of the molecule is Cc1cn([C@H]2CCN(CC3CCN(C(=O)c4ccc([C@@H]5CN(c6cc(-c7ccccc7O)nnc6N)C[C@H](C)O5)cc4)CC3)C[C@H]2F)c2ncc(N3CCC(=O)NC3=O)cc12. The molecular formula is C45H51FN10O5. The molecular weight excluding hydrogens is 780 g/mol. The molecule has 0 saturated carbocycles. The van der Waals surface area contributed by atoms with Crippen LogP contribution >= 0.6 is 0 Å². The molecule has 4 amide bonds. The number of amides is 4. The van der Waals surface area contributed by atoms with Crippen molar-refractivity contribution in [2.45, 2.75) is 64.0 Å². The van der Waals surface area contributed by atoms with Gasteiger partial charge in [-0.25, -0.2) is 14.2 Å². The largest absolute Gasteiger partial charge is 0.507 e. The number of benzene rings is 2. The number of carbonyl (C=O) groups is 3. The van der Waals surface area contributed by atoms with Crippen LogP contribution in [0.1, 0.15) is 66.2 Å². The molecule has 3 aromatic heterocycles. The Morgan fingerprint density at radius 3 is 2.52 bits per heavy atom. The van der Waals surface area contributed by atoms with Crippen LogP contribution in [-0.2, 0) is 9.53 Å². The van der Waals surface area contributed by atoms with Crippen LogP contribution in [0.15, 0.2) is 73.1 Å². The van der Waals surface area contributed by atoms with Crippen molar-refractivity contribution in [2.24, 2.45) is 5.92 Å². The Morgan fingerprint density at radius 2 is 1.77 bits per heavy atom. The predicted molar refractivity (Wildman–Crippen MR) is 229 cm³/mol. The van der Waals surface area contributed by atoms with Crippen LogP contribution in [0.3, 0.4) is 0 Å². The first-order valence-corrected chi connectivity index (χ1v) is 21.1. The van der Waals surface area contributed by atoms with E-state index in [9.17, 15) is 19.5 Å². The highest BCUT2D eigenvalue weighted by atomic mass is 19.1. The van der Waals surface area contributed by atoms with Crippen molar-refractivity contribution in [3.63, 3.8) is 0 Å². The first-order chi connectivity index (χ1) is 29.5. The number of anilines is 3. The summed E-state index contributed by atoms with van der Waals surface area (Å²) in [6, 6.07) is 17.6. The van der Waals surface area contributed by atoms with Gasteiger partial charge in [0.2, 0.25) is 5.91 Å². The van der Waals surface area contributed by atoms with Gasteiger partial charge in [0, 0.05) is 81.5 Å². The summed E-state index contributed by atoms with van der Waals surface area (Å²) in [4.78, 5) is 50.2. The Bertz CT molecular complexity index is 2450. The lowest BCUT2D eigenvalue weighted by atomic mass is 9.93. The Morgan fingerprint density at radius 1 is 0.984 bits per heavy atom. The molecule has 0 radical (unpaired) electrons. The van der Waals surface area contributed by atoms with E-state index in [0.29, 0.717) is 79.0 Å². The smallest absolute Gasteiger partial charge is 0.328 e. The van der Waals surface area contributed by atoms with E-state index in [0.717, 1.165) is 48.1 Å². The van der Waals surface area contributed by atoms with Gasteiger partial charge in [0.25, 0.3) is 5.91 Å². The van der Waals surface area contributed by atoms with Gasteiger partial charge in [-0.2, -0.15) is 0 Å². The van der Waals surface area contributed by atoms with Crippen molar-refractivity contribution in [3.05, 3.63) is 89.7 Å². The third kappa shape index (κ3) is 8.21. The van der Waals surface area contributed by atoms with Crippen LogP contribution in [0.4, 0.5) is 26.4 Å². The number of hydrogen-bond acceptors (Lipinski definition) is 11. The number of nitrogen functional groups attached to an aromatic ring is 1. The average Bonchev–Trinajstić information content (AvgIpc) is 3.58. The average molecular weight is 831 g/mol. The van der Waals surface area contributed by atoms with Gasteiger partial charge >= 0.3 is 6.03 Å². The van der Waals surface area contributed by atoms with Crippen molar-refractivity contribution in [2.75, 3.05) is 67.9 Å². The second-order valence-corrected chi connectivity index (χ2v) is 16.9. The Balaban J connectivity index is 0.773. The quantitative estimate of drug-likeness (QED) is 0.177. The van der Waals surface area contributed by atoms with E-state index in [1.165, 1.54) is 4.90 Å². The lowest BCUT2D eigenvalue weighted by Crippen LogP contribution is -2.49. The first kappa shape index (κ1) is 40.3. The van der Waals surface area contributed by atoms with Gasteiger partial charge in [-0.15, -0.1) is 10.2 Å². The third-order valence-electron chi connectivity index (χ3n) is 12.7. The highest BCUT2D eigenvalue weighted by molar-refractivity contribution is 6.06. The maximum Gasteiger partial charge on any atom is 0.328 e. The molecule has 7 heterocycles. The molecule has 0 spiro atoms. The molecule has 2 aromatic carbocycles. The van der Waals surface area contributed by atoms with Gasteiger partial charge in [-0.3, -0.25) is 19.8 Å². The molecule has 0 aliphatic carbocycles. The number of imide groups is 1. The van der Waals surface area contributed by atoms with Crippen molar-refractivity contribution in [3.8, 4) is 17.0 Å². The lowest BCUT2D eigenvalue weighted by molar-refractivity contribution is -0.120. The number of pyridine rings is 1. The molecule has 4 aliphatic heterocycles. The first-order valence-electron chi connectivity index (χ1n) is 21.1. The molecule has 4 fully saturated rings.